The molecule has 5 heteroatoms. The smallest absolute Gasteiger partial charge is 0.176 e. The maximum atomic E-state index is 11.6. The van der Waals surface area contributed by atoms with Crippen LogP contribution in [-0.4, -0.2) is 26.0 Å². The van der Waals surface area contributed by atoms with Gasteiger partial charge >= 0.3 is 0 Å². The Morgan fingerprint density at radius 3 is 2.78 bits per heavy atom. The number of Topliss-reactive ketones (excluding diaryl/α,β-unsaturated/α-hetero) is 1. The summed E-state index contributed by atoms with van der Waals surface area (Å²) >= 11 is 3.41. The van der Waals surface area contributed by atoms with E-state index in [1.54, 1.807) is 19.2 Å². The highest BCUT2D eigenvalue weighted by Crippen LogP contribution is 2.38. The number of ether oxygens (including phenoxy) is 2. The first-order valence-corrected chi connectivity index (χ1v) is 6.68. The predicted molar refractivity (Wildman–Crippen MR) is 72.3 cm³/mol. The Bertz CT molecular complexity index is 458. The van der Waals surface area contributed by atoms with E-state index in [-0.39, 0.29) is 12.3 Å². The Labute approximate surface area is 115 Å². The van der Waals surface area contributed by atoms with Crippen molar-refractivity contribution >= 4 is 21.7 Å². The molecule has 18 heavy (non-hydrogen) atoms. The van der Waals surface area contributed by atoms with Crippen LogP contribution in [0.1, 0.15) is 23.2 Å². The summed E-state index contributed by atoms with van der Waals surface area (Å²) in [6.07, 6.45) is 2.45. The average molecular weight is 314 g/mol. The molecule has 0 heterocycles. The lowest BCUT2D eigenvalue weighted by Crippen LogP contribution is -2.14. The van der Waals surface area contributed by atoms with Gasteiger partial charge in [-0.3, -0.25) is 4.79 Å². The topological polar surface area (TPSA) is 61.5 Å². The number of hydrogen-bond donors (Lipinski definition) is 1. The number of halogens is 1. The van der Waals surface area contributed by atoms with Gasteiger partial charge in [0.25, 0.3) is 0 Å². The van der Waals surface area contributed by atoms with Gasteiger partial charge in [0, 0.05) is 5.56 Å². The third kappa shape index (κ3) is 3.03. The number of benzene rings is 1. The summed E-state index contributed by atoms with van der Waals surface area (Å²) in [6.45, 7) is 0.678. The zero-order valence-corrected chi connectivity index (χ0v) is 11.8. The van der Waals surface area contributed by atoms with E-state index in [1.807, 2.05) is 0 Å². The second-order valence-electron chi connectivity index (χ2n) is 4.37. The van der Waals surface area contributed by atoms with Gasteiger partial charge in [-0.15, -0.1) is 0 Å². The Balaban J connectivity index is 2.24. The monoisotopic (exact) mass is 313 g/mol. The van der Waals surface area contributed by atoms with E-state index >= 15 is 0 Å². The maximum Gasteiger partial charge on any atom is 0.176 e. The van der Waals surface area contributed by atoms with Gasteiger partial charge in [0.1, 0.15) is 0 Å². The Morgan fingerprint density at radius 2 is 2.22 bits per heavy atom. The summed E-state index contributed by atoms with van der Waals surface area (Å²) in [6, 6.07) is 3.39. The van der Waals surface area contributed by atoms with Crippen molar-refractivity contribution in [2.24, 2.45) is 11.7 Å². The second-order valence-corrected chi connectivity index (χ2v) is 5.23. The summed E-state index contributed by atoms with van der Waals surface area (Å²) in [5, 5.41) is 0. The van der Waals surface area contributed by atoms with E-state index < -0.39 is 0 Å². The fourth-order valence-electron chi connectivity index (χ4n) is 1.62. The van der Waals surface area contributed by atoms with Crippen LogP contribution in [0.25, 0.3) is 0 Å². The molecular weight excluding hydrogens is 298 g/mol. The zero-order valence-electron chi connectivity index (χ0n) is 10.2. The first kappa shape index (κ1) is 13.4. The molecule has 0 atom stereocenters. The largest absolute Gasteiger partial charge is 0.493 e. The molecule has 98 valence electrons. The molecule has 1 aromatic rings. The highest BCUT2D eigenvalue weighted by Gasteiger charge is 2.23. The van der Waals surface area contributed by atoms with Gasteiger partial charge in [0.2, 0.25) is 0 Å². The average Bonchev–Trinajstić information content (AvgIpc) is 3.19. The quantitative estimate of drug-likeness (QED) is 0.819. The molecule has 1 aliphatic rings. The van der Waals surface area contributed by atoms with Crippen molar-refractivity contribution in [1.29, 1.82) is 0 Å². The van der Waals surface area contributed by atoms with Gasteiger partial charge in [0.15, 0.2) is 17.3 Å². The van der Waals surface area contributed by atoms with Gasteiger partial charge in [-0.25, -0.2) is 0 Å². The van der Waals surface area contributed by atoms with Gasteiger partial charge in [0.05, 0.1) is 24.7 Å². The SMILES string of the molecule is COc1cc(C(=O)CN)cc(Br)c1OCC1CC1. The fourth-order valence-corrected chi connectivity index (χ4v) is 2.18. The van der Waals surface area contributed by atoms with Crippen molar-refractivity contribution in [2.75, 3.05) is 20.3 Å². The Kier molecular flexibility index (Phi) is 4.24. The highest BCUT2D eigenvalue weighted by molar-refractivity contribution is 9.10. The molecule has 0 amide bonds. The molecule has 2 N–H and O–H groups in total. The molecule has 2 rings (SSSR count). The molecule has 1 saturated carbocycles. The Morgan fingerprint density at radius 1 is 1.50 bits per heavy atom. The lowest BCUT2D eigenvalue weighted by molar-refractivity contribution is 0.100. The third-order valence-corrected chi connectivity index (χ3v) is 3.49. The van der Waals surface area contributed by atoms with E-state index in [2.05, 4.69) is 15.9 Å². The minimum absolute atomic E-state index is 0.0160. The van der Waals surface area contributed by atoms with Gasteiger partial charge < -0.3 is 15.2 Å². The molecule has 0 saturated heterocycles. The lowest BCUT2D eigenvalue weighted by Gasteiger charge is -2.13. The number of ketones is 1. The van der Waals surface area contributed by atoms with Crippen molar-refractivity contribution in [2.45, 2.75) is 12.8 Å². The van der Waals surface area contributed by atoms with Crippen LogP contribution in [-0.2, 0) is 0 Å². The molecular formula is C13H16BrNO3. The molecule has 0 radical (unpaired) electrons. The maximum absolute atomic E-state index is 11.6. The minimum atomic E-state index is -0.122. The number of nitrogens with two attached hydrogens (primary N) is 1. The van der Waals surface area contributed by atoms with Crippen LogP contribution < -0.4 is 15.2 Å². The van der Waals surface area contributed by atoms with E-state index in [1.165, 1.54) is 12.8 Å². The summed E-state index contributed by atoms with van der Waals surface area (Å²) in [5.41, 5.74) is 5.88. The number of carbonyl (C=O) groups excluding carboxylic acids is 1. The molecule has 4 nitrogen and oxygen atoms in total. The van der Waals surface area contributed by atoms with Crippen molar-refractivity contribution in [1.82, 2.24) is 0 Å². The lowest BCUT2D eigenvalue weighted by atomic mass is 10.1. The van der Waals surface area contributed by atoms with Crippen molar-refractivity contribution in [3.63, 3.8) is 0 Å². The standard InChI is InChI=1S/C13H16BrNO3/c1-17-12-5-9(11(16)6-15)4-10(14)13(12)18-7-8-2-3-8/h4-5,8H,2-3,6-7,15H2,1H3. The summed E-state index contributed by atoms with van der Waals surface area (Å²) in [7, 11) is 1.56. The van der Waals surface area contributed by atoms with Crippen molar-refractivity contribution < 1.29 is 14.3 Å². The van der Waals surface area contributed by atoms with Crippen LogP contribution in [0.15, 0.2) is 16.6 Å². The third-order valence-electron chi connectivity index (χ3n) is 2.90. The van der Waals surface area contributed by atoms with Crippen LogP contribution in [0.5, 0.6) is 11.5 Å². The molecule has 0 spiro atoms. The highest BCUT2D eigenvalue weighted by atomic mass is 79.9. The van der Waals surface area contributed by atoms with Gasteiger partial charge in [-0.05, 0) is 46.8 Å². The first-order valence-electron chi connectivity index (χ1n) is 5.89. The van der Waals surface area contributed by atoms with E-state index in [9.17, 15) is 4.79 Å². The molecule has 1 fully saturated rings. The molecule has 1 aromatic carbocycles. The second kappa shape index (κ2) is 5.71. The molecule has 0 aromatic heterocycles. The van der Waals surface area contributed by atoms with E-state index in [4.69, 9.17) is 15.2 Å². The van der Waals surface area contributed by atoms with Crippen LogP contribution in [0.4, 0.5) is 0 Å². The van der Waals surface area contributed by atoms with Crippen LogP contribution >= 0.6 is 15.9 Å². The van der Waals surface area contributed by atoms with Gasteiger partial charge in [-0.2, -0.15) is 0 Å². The summed E-state index contributed by atoms with van der Waals surface area (Å²) < 4.78 is 11.7. The molecule has 1 aliphatic carbocycles. The normalized spacial score (nSPS) is 14.4. The van der Waals surface area contributed by atoms with Crippen LogP contribution in [0, 0.1) is 5.92 Å². The minimum Gasteiger partial charge on any atom is -0.493 e. The van der Waals surface area contributed by atoms with Crippen LogP contribution in [0.2, 0.25) is 0 Å². The number of carbonyl (C=O) groups is 1. The first-order chi connectivity index (χ1) is 8.65. The Hall–Kier alpha value is -1.07. The van der Waals surface area contributed by atoms with Crippen molar-refractivity contribution in [3.05, 3.63) is 22.2 Å². The van der Waals surface area contributed by atoms with Gasteiger partial charge in [-0.1, -0.05) is 0 Å². The number of hydrogen-bond acceptors (Lipinski definition) is 4. The summed E-state index contributed by atoms with van der Waals surface area (Å²) in [4.78, 5) is 11.6. The fraction of sp³-hybridized carbons (Fsp3) is 0.462. The summed E-state index contributed by atoms with van der Waals surface area (Å²) in [5.74, 6) is 1.74. The molecule has 0 bridgehead atoms. The van der Waals surface area contributed by atoms with Crippen molar-refractivity contribution in [3.8, 4) is 11.5 Å². The molecule has 0 unspecified atom stereocenters. The van der Waals surface area contributed by atoms with Crippen LogP contribution in [0.3, 0.4) is 0 Å². The molecule has 0 aliphatic heterocycles. The number of rotatable bonds is 6. The number of methoxy groups -OCH3 is 1. The predicted octanol–water partition coefficient (Wildman–Crippen LogP) is 2.39. The zero-order chi connectivity index (χ0) is 13.1. The van der Waals surface area contributed by atoms with E-state index in [0.29, 0.717) is 29.6 Å². The van der Waals surface area contributed by atoms with E-state index in [0.717, 1.165) is 4.47 Å².